The summed E-state index contributed by atoms with van der Waals surface area (Å²) in [4.78, 5) is 11.1. The Hall–Kier alpha value is -0.760. The van der Waals surface area contributed by atoms with E-state index in [1.54, 1.807) is 0 Å². The molecule has 3 nitrogen and oxygen atoms in total. The molecule has 0 aromatic heterocycles. The van der Waals surface area contributed by atoms with E-state index in [1.807, 2.05) is 0 Å². The van der Waals surface area contributed by atoms with Gasteiger partial charge in [-0.25, -0.2) is 4.79 Å². The molecule has 1 N–H and O–H groups in total. The van der Waals surface area contributed by atoms with Gasteiger partial charge in [0.2, 0.25) is 6.10 Å². The fourth-order valence-electron chi connectivity index (χ4n) is 1.48. The van der Waals surface area contributed by atoms with Crippen molar-refractivity contribution in [1.29, 1.82) is 0 Å². The minimum atomic E-state index is -4.65. The van der Waals surface area contributed by atoms with E-state index >= 15 is 0 Å². The molecule has 1 aliphatic heterocycles. The van der Waals surface area contributed by atoms with E-state index in [1.165, 1.54) is 12.1 Å². The highest BCUT2D eigenvalue weighted by molar-refractivity contribution is 9.11. The van der Waals surface area contributed by atoms with Gasteiger partial charge in [-0.05, 0) is 28.1 Å². The van der Waals surface area contributed by atoms with Crippen LogP contribution in [-0.4, -0.2) is 12.3 Å². The molecule has 1 unspecified atom stereocenters. The Morgan fingerprint density at radius 1 is 1.29 bits per heavy atom. The molecule has 0 saturated heterocycles. The second-order valence-electron chi connectivity index (χ2n) is 3.30. The maximum Gasteiger partial charge on any atom is 0.430 e. The van der Waals surface area contributed by atoms with Gasteiger partial charge in [0.15, 0.2) is 0 Å². The number of carbonyl (C=O) groups excluding carboxylic acids is 1. The minimum absolute atomic E-state index is 0.0757. The molecule has 1 atom stereocenters. The Morgan fingerprint density at radius 3 is 2.53 bits per heavy atom. The molecular weight excluding hydrogens is 371 g/mol. The molecular formula is C9H4Br2F3NO2. The highest BCUT2D eigenvalue weighted by atomic mass is 79.9. The Morgan fingerprint density at radius 2 is 1.94 bits per heavy atom. The predicted octanol–water partition coefficient (Wildman–Crippen LogP) is 4.38. The van der Waals surface area contributed by atoms with Crippen LogP contribution in [-0.2, 0) is 4.74 Å². The topological polar surface area (TPSA) is 38.3 Å². The van der Waals surface area contributed by atoms with Crippen molar-refractivity contribution in [2.24, 2.45) is 0 Å². The smallest absolute Gasteiger partial charge is 0.430 e. The van der Waals surface area contributed by atoms with Crippen molar-refractivity contribution in [2.45, 2.75) is 12.3 Å². The highest BCUT2D eigenvalue weighted by Crippen LogP contribution is 2.45. The van der Waals surface area contributed by atoms with Crippen LogP contribution in [0.3, 0.4) is 0 Å². The number of hydrogen-bond donors (Lipinski definition) is 1. The lowest BCUT2D eigenvalue weighted by molar-refractivity contribution is -0.206. The number of hydrogen-bond acceptors (Lipinski definition) is 2. The lowest BCUT2D eigenvalue weighted by atomic mass is 10.1. The molecule has 1 amide bonds. The van der Waals surface area contributed by atoms with E-state index in [0.717, 1.165) is 0 Å². The van der Waals surface area contributed by atoms with Crippen molar-refractivity contribution in [1.82, 2.24) is 0 Å². The maximum atomic E-state index is 12.7. The van der Waals surface area contributed by atoms with Gasteiger partial charge < -0.3 is 4.74 Å². The second-order valence-corrected chi connectivity index (χ2v) is 5.07. The molecule has 1 aromatic rings. The van der Waals surface area contributed by atoms with E-state index in [9.17, 15) is 18.0 Å². The molecule has 0 bridgehead atoms. The number of amides is 1. The maximum absolute atomic E-state index is 12.7. The first-order chi connectivity index (χ1) is 7.79. The average molecular weight is 375 g/mol. The normalized spacial score (nSPS) is 19.4. The van der Waals surface area contributed by atoms with E-state index in [2.05, 4.69) is 41.9 Å². The SMILES string of the molecule is O=C1Nc2c(Br)cc(Br)cc2C(C(F)(F)F)O1. The van der Waals surface area contributed by atoms with Crippen LogP contribution in [0.2, 0.25) is 0 Å². The molecule has 0 saturated carbocycles. The number of rotatable bonds is 0. The van der Waals surface area contributed by atoms with Crippen LogP contribution in [0.25, 0.3) is 0 Å². The van der Waals surface area contributed by atoms with Gasteiger partial charge in [0.1, 0.15) is 0 Å². The van der Waals surface area contributed by atoms with Gasteiger partial charge in [0.25, 0.3) is 0 Å². The highest BCUT2D eigenvalue weighted by Gasteiger charge is 2.47. The molecule has 1 heterocycles. The van der Waals surface area contributed by atoms with Gasteiger partial charge in [-0.15, -0.1) is 0 Å². The molecule has 8 heteroatoms. The van der Waals surface area contributed by atoms with E-state index < -0.39 is 18.4 Å². The lowest BCUT2D eigenvalue weighted by Crippen LogP contribution is -2.33. The Labute approximate surface area is 111 Å². The average Bonchev–Trinajstić information content (AvgIpc) is 2.16. The molecule has 92 valence electrons. The molecule has 0 fully saturated rings. The third-order valence-electron chi connectivity index (χ3n) is 2.12. The summed E-state index contributed by atoms with van der Waals surface area (Å²) in [7, 11) is 0. The first-order valence-corrected chi connectivity index (χ1v) is 5.91. The molecule has 1 aliphatic rings. The van der Waals surface area contributed by atoms with Crippen molar-refractivity contribution in [3.05, 3.63) is 26.6 Å². The summed E-state index contributed by atoms with van der Waals surface area (Å²) in [6.45, 7) is 0. The third kappa shape index (κ3) is 2.42. The lowest BCUT2D eigenvalue weighted by Gasteiger charge is -2.28. The van der Waals surface area contributed by atoms with Crippen molar-refractivity contribution in [3.8, 4) is 0 Å². The van der Waals surface area contributed by atoms with Crippen molar-refractivity contribution in [2.75, 3.05) is 5.32 Å². The largest absolute Gasteiger partial charge is 0.431 e. The van der Waals surface area contributed by atoms with Gasteiger partial charge in [0, 0.05) is 14.5 Å². The van der Waals surface area contributed by atoms with Crippen LogP contribution < -0.4 is 5.32 Å². The predicted molar refractivity (Wildman–Crippen MR) is 60.7 cm³/mol. The Bertz CT molecular complexity index is 490. The number of fused-ring (bicyclic) bond motifs is 1. The van der Waals surface area contributed by atoms with Gasteiger partial charge in [-0.2, -0.15) is 13.2 Å². The number of benzene rings is 1. The molecule has 0 radical (unpaired) electrons. The van der Waals surface area contributed by atoms with Gasteiger partial charge in [-0.1, -0.05) is 15.9 Å². The minimum Gasteiger partial charge on any atom is -0.431 e. The van der Waals surface area contributed by atoms with E-state index in [-0.39, 0.29) is 11.3 Å². The summed E-state index contributed by atoms with van der Waals surface area (Å²) in [5.41, 5.74) is -0.0647. The molecule has 1 aromatic carbocycles. The van der Waals surface area contributed by atoms with Crippen molar-refractivity contribution >= 4 is 43.6 Å². The number of carbonyl (C=O) groups is 1. The van der Waals surface area contributed by atoms with Crippen molar-refractivity contribution < 1.29 is 22.7 Å². The van der Waals surface area contributed by atoms with Crippen LogP contribution in [0.15, 0.2) is 21.1 Å². The second kappa shape index (κ2) is 4.16. The van der Waals surface area contributed by atoms with Crippen LogP contribution in [0.1, 0.15) is 11.7 Å². The number of nitrogens with one attached hydrogen (secondary N) is 1. The van der Waals surface area contributed by atoms with Crippen LogP contribution in [0, 0.1) is 0 Å². The number of cyclic esters (lactones) is 1. The molecule has 2 rings (SSSR count). The summed E-state index contributed by atoms with van der Waals surface area (Å²) in [5.74, 6) is 0. The summed E-state index contributed by atoms with van der Waals surface area (Å²) < 4.78 is 43.2. The van der Waals surface area contributed by atoms with Gasteiger partial charge >= 0.3 is 12.3 Å². The van der Waals surface area contributed by atoms with Crippen LogP contribution in [0.5, 0.6) is 0 Å². The van der Waals surface area contributed by atoms with Crippen LogP contribution >= 0.6 is 31.9 Å². The van der Waals surface area contributed by atoms with E-state index in [0.29, 0.717) is 8.95 Å². The molecule has 17 heavy (non-hydrogen) atoms. The number of halogens is 5. The Kier molecular flexibility index (Phi) is 3.11. The standard InChI is InChI=1S/C9H4Br2F3NO2/c10-3-1-4-6(5(11)2-3)15-8(16)17-7(4)9(12,13)14/h1-2,7H,(H,15,16). The number of alkyl halides is 3. The monoisotopic (exact) mass is 373 g/mol. The zero-order valence-corrected chi connectivity index (χ0v) is 11.1. The molecule has 0 aliphatic carbocycles. The zero-order chi connectivity index (χ0) is 12.8. The quantitative estimate of drug-likeness (QED) is 0.731. The first kappa shape index (κ1) is 12.7. The summed E-state index contributed by atoms with van der Waals surface area (Å²) in [6, 6.07) is 2.80. The van der Waals surface area contributed by atoms with Gasteiger partial charge in [0.05, 0.1) is 5.69 Å². The third-order valence-corrected chi connectivity index (χ3v) is 3.20. The summed E-state index contributed by atoms with van der Waals surface area (Å²) >= 11 is 6.17. The first-order valence-electron chi connectivity index (χ1n) is 4.32. The fourth-order valence-corrected chi connectivity index (χ4v) is 2.83. The Balaban J connectivity index is 2.60. The number of anilines is 1. The van der Waals surface area contributed by atoms with Gasteiger partial charge in [-0.3, -0.25) is 5.32 Å². The fraction of sp³-hybridized carbons (Fsp3) is 0.222. The van der Waals surface area contributed by atoms with E-state index in [4.69, 9.17) is 0 Å². The summed E-state index contributed by atoms with van der Waals surface area (Å²) in [5, 5.41) is 2.23. The molecule has 0 spiro atoms. The summed E-state index contributed by atoms with van der Waals surface area (Å²) in [6.07, 6.45) is -8.02. The van der Waals surface area contributed by atoms with Crippen molar-refractivity contribution in [3.63, 3.8) is 0 Å². The zero-order valence-electron chi connectivity index (χ0n) is 7.94. The number of ether oxygens (including phenoxy) is 1. The van der Waals surface area contributed by atoms with Crippen LogP contribution in [0.4, 0.5) is 23.7 Å².